The summed E-state index contributed by atoms with van der Waals surface area (Å²) < 4.78 is 42.6. The normalized spacial score (nSPS) is 24.7. The van der Waals surface area contributed by atoms with E-state index in [9.17, 15) is 14.4 Å². The Morgan fingerprint density at radius 1 is 0.660 bits per heavy atom. The van der Waals surface area contributed by atoms with Gasteiger partial charge in [-0.15, -0.1) is 6.42 Å². The summed E-state index contributed by atoms with van der Waals surface area (Å²) >= 11 is 0. The summed E-state index contributed by atoms with van der Waals surface area (Å²) in [5.41, 5.74) is 1.23. The second-order valence-electron chi connectivity index (χ2n) is 10.6. The lowest BCUT2D eigenvalue weighted by Gasteiger charge is -2.41. The van der Waals surface area contributed by atoms with Gasteiger partial charge in [0.1, 0.15) is 19.3 Å². The Labute approximate surface area is 271 Å². The van der Waals surface area contributed by atoms with Gasteiger partial charge in [-0.05, 0) is 36.4 Å². The summed E-state index contributed by atoms with van der Waals surface area (Å²) in [6.07, 6.45) is -0.730. The average molecular weight is 635 g/mol. The third-order valence-corrected chi connectivity index (χ3v) is 7.52. The lowest BCUT2D eigenvalue weighted by Crippen LogP contribution is -2.60. The molecule has 6 rings (SSSR count). The fraction of sp³-hybridized carbons (Fsp3) is 0.216. The number of terminal acetylenes is 1. The van der Waals surface area contributed by atoms with Gasteiger partial charge in [-0.25, -0.2) is 14.4 Å². The van der Waals surface area contributed by atoms with Crippen molar-refractivity contribution in [2.45, 2.75) is 36.7 Å². The number of carbonyl (C=O) groups excluding carboxylic acids is 3. The monoisotopic (exact) mass is 634 g/mol. The van der Waals surface area contributed by atoms with Crippen LogP contribution in [-0.2, 0) is 39.1 Å². The molecule has 4 aromatic rings. The van der Waals surface area contributed by atoms with Gasteiger partial charge in [-0.3, -0.25) is 4.74 Å². The molecule has 10 heteroatoms. The third-order valence-electron chi connectivity index (χ3n) is 7.52. The van der Waals surface area contributed by atoms with Crippen molar-refractivity contribution < 1.29 is 47.5 Å². The number of benzene rings is 4. The van der Waals surface area contributed by atoms with E-state index in [0.717, 1.165) is 0 Å². The standard InChI is InChI=1S/C37H30O10/c1-2-23-42-37(28-21-13-6-14-22-28)46-32-31(45-35(40)27-19-11-5-12-20-27)30(44-34(39)26-17-9-4-10-18-26)29(43-36(32)47-37)24-41-33(38)25-15-7-3-8-16-25/h1,3-22,29-32,36H,23-24H2/t29-,30-,31+,32-,36-,37?/m1/s1. The molecule has 2 aliphatic rings. The predicted octanol–water partition coefficient (Wildman–Crippen LogP) is 4.90. The van der Waals surface area contributed by atoms with Gasteiger partial charge in [0.2, 0.25) is 0 Å². The largest absolute Gasteiger partial charge is 0.459 e. The minimum Gasteiger partial charge on any atom is -0.459 e. The van der Waals surface area contributed by atoms with E-state index < -0.39 is 61.2 Å². The minimum absolute atomic E-state index is 0.201. The Bertz CT molecular complexity index is 1710. The lowest BCUT2D eigenvalue weighted by molar-refractivity contribution is -0.362. The summed E-state index contributed by atoms with van der Waals surface area (Å²) in [6.45, 7) is -0.594. The van der Waals surface area contributed by atoms with Crippen molar-refractivity contribution in [1.29, 1.82) is 0 Å². The molecule has 6 atom stereocenters. The molecule has 2 aliphatic heterocycles. The molecule has 0 aromatic heterocycles. The van der Waals surface area contributed by atoms with Gasteiger partial charge in [0.05, 0.1) is 16.7 Å². The first-order valence-corrected chi connectivity index (χ1v) is 14.9. The highest BCUT2D eigenvalue weighted by atomic mass is 16.9. The van der Waals surface area contributed by atoms with E-state index >= 15 is 0 Å². The fourth-order valence-electron chi connectivity index (χ4n) is 5.28. The molecule has 0 amide bonds. The van der Waals surface area contributed by atoms with Crippen molar-refractivity contribution in [2.75, 3.05) is 13.2 Å². The van der Waals surface area contributed by atoms with Gasteiger partial charge in [0.15, 0.2) is 24.6 Å². The van der Waals surface area contributed by atoms with Gasteiger partial charge in [0, 0.05) is 5.56 Å². The van der Waals surface area contributed by atoms with Crippen LogP contribution in [-0.4, -0.2) is 61.8 Å². The molecule has 0 saturated carbocycles. The smallest absolute Gasteiger partial charge is 0.338 e. The van der Waals surface area contributed by atoms with Crippen LogP contribution in [0.3, 0.4) is 0 Å². The zero-order chi connectivity index (χ0) is 32.6. The highest BCUT2D eigenvalue weighted by molar-refractivity contribution is 5.91. The van der Waals surface area contributed by atoms with E-state index in [-0.39, 0.29) is 17.7 Å². The van der Waals surface area contributed by atoms with Crippen LogP contribution < -0.4 is 0 Å². The molecular weight excluding hydrogens is 604 g/mol. The number of hydrogen-bond acceptors (Lipinski definition) is 10. The average Bonchev–Trinajstić information content (AvgIpc) is 3.51. The molecule has 0 aliphatic carbocycles. The van der Waals surface area contributed by atoms with Crippen molar-refractivity contribution in [2.24, 2.45) is 0 Å². The Hall–Kier alpha value is -5.31. The fourth-order valence-corrected chi connectivity index (χ4v) is 5.28. The van der Waals surface area contributed by atoms with Crippen LogP contribution in [0.5, 0.6) is 0 Å². The number of fused-ring (bicyclic) bond motifs is 1. The van der Waals surface area contributed by atoms with E-state index in [1.807, 2.05) is 0 Å². The Kier molecular flexibility index (Phi) is 9.71. The van der Waals surface area contributed by atoms with E-state index in [2.05, 4.69) is 5.92 Å². The summed E-state index contributed by atoms with van der Waals surface area (Å²) in [5, 5.41) is 0. The maximum absolute atomic E-state index is 13.5. The molecular formula is C37H30O10. The van der Waals surface area contributed by atoms with Gasteiger partial charge >= 0.3 is 23.9 Å². The first-order valence-electron chi connectivity index (χ1n) is 14.9. The second-order valence-corrected chi connectivity index (χ2v) is 10.6. The zero-order valence-electron chi connectivity index (χ0n) is 25.0. The van der Waals surface area contributed by atoms with E-state index in [0.29, 0.717) is 11.1 Å². The Balaban J connectivity index is 1.38. The van der Waals surface area contributed by atoms with Crippen molar-refractivity contribution in [1.82, 2.24) is 0 Å². The number of carbonyl (C=O) groups is 3. The summed E-state index contributed by atoms with van der Waals surface area (Å²) in [7, 11) is 0. The van der Waals surface area contributed by atoms with E-state index in [1.54, 1.807) is 121 Å². The number of hydrogen-bond donors (Lipinski definition) is 0. The van der Waals surface area contributed by atoms with Crippen molar-refractivity contribution in [3.05, 3.63) is 144 Å². The molecule has 238 valence electrons. The first-order chi connectivity index (χ1) is 23.0. The van der Waals surface area contributed by atoms with Crippen LogP contribution >= 0.6 is 0 Å². The number of rotatable bonds is 10. The molecule has 2 heterocycles. The molecule has 2 saturated heterocycles. The summed E-state index contributed by atoms with van der Waals surface area (Å²) in [6, 6.07) is 33.7. The van der Waals surface area contributed by atoms with Gasteiger partial charge in [0.25, 0.3) is 0 Å². The van der Waals surface area contributed by atoms with Gasteiger partial charge in [-0.1, -0.05) is 90.8 Å². The second kappa shape index (κ2) is 14.4. The molecule has 0 bridgehead atoms. The van der Waals surface area contributed by atoms with Crippen LogP contribution in [0.15, 0.2) is 121 Å². The molecule has 0 spiro atoms. The number of esters is 3. The van der Waals surface area contributed by atoms with Crippen LogP contribution in [0.25, 0.3) is 0 Å². The molecule has 4 aromatic carbocycles. The lowest BCUT2D eigenvalue weighted by atomic mass is 9.98. The van der Waals surface area contributed by atoms with Crippen LogP contribution in [0.1, 0.15) is 36.6 Å². The minimum atomic E-state index is -1.87. The van der Waals surface area contributed by atoms with Crippen LogP contribution in [0, 0.1) is 12.3 Å². The molecule has 1 unspecified atom stereocenters. The number of ether oxygens (including phenoxy) is 7. The molecule has 47 heavy (non-hydrogen) atoms. The Morgan fingerprint density at radius 2 is 1.15 bits per heavy atom. The highest BCUT2D eigenvalue weighted by Gasteiger charge is 2.62. The maximum Gasteiger partial charge on any atom is 0.338 e. The first kappa shape index (κ1) is 31.7. The van der Waals surface area contributed by atoms with Crippen molar-refractivity contribution in [3.8, 4) is 12.3 Å². The molecule has 0 radical (unpaired) electrons. The third kappa shape index (κ3) is 7.09. The van der Waals surface area contributed by atoms with Gasteiger partial charge in [-0.2, -0.15) is 0 Å². The highest BCUT2D eigenvalue weighted by Crippen LogP contribution is 2.45. The van der Waals surface area contributed by atoms with Crippen molar-refractivity contribution >= 4 is 17.9 Å². The Morgan fingerprint density at radius 3 is 1.68 bits per heavy atom. The van der Waals surface area contributed by atoms with Crippen molar-refractivity contribution in [3.63, 3.8) is 0 Å². The molecule has 2 fully saturated rings. The van der Waals surface area contributed by atoms with Crippen LogP contribution in [0.4, 0.5) is 0 Å². The van der Waals surface area contributed by atoms with Crippen LogP contribution in [0.2, 0.25) is 0 Å². The SMILES string of the molecule is C#CCOC1(c2ccccc2)O[C@H]2O[C@H](COC(=O)c3ccccc3)[C@@H](OC(=O)c3ccccc3)[C@H](OC(=O)c3ccccc3)[C@H]2O1. The topological polar surface area (TPSA) is 116 Å². The summed E-state index contributed by atoms with van der Waals surface area (Å²) in [4.78, 5) is 39.9. The zero-order valence-corrected chi connectivity index (χ0v) is 25.0. The summed E-state index contributed by atoms with van der Waals surface area (Å²) in [5.74, 6) is -1.55. The molecule has 10 nitrogen and oxygen atoms in total. The van der Waals surface area contributed by atoms with E-state index in [4.69, 9.17) is 39.6 Å². The predicted molar refractivity (Wildman–Crippen MR) is 166 cm³/mol. The van der Waals surface area contributed by atoms with Gasteiger partial charge < -0.3 is 28.4 Å². The maximum atomic E-state index is 13.5. The van der Waals surface area contributed by atoms with E-state index in [1.165, 1.54) is 0 Å². The molecule has 0 N–H and O–H groups in total. The quantitative estimate of drug-likeness (QED) is 0.136.